The minimum absolute atomic E-state index is 0.263. The Morgan fingerprint density at radius 1 is 1.56 bits per heavy atom. The number of aryl methyl sites for hydroxylation is 1. The fourth-order valence-corrected chi connectivity index (χ4v) is 1.25. The molecule has 7 nitrogen and oxygen atoms in total. The molecule has 0 aliphatic heterocycles. The SMILES string of the molecule is Cn1cnc2c(=O)[nH]c(N/C=C/C=O)nc21. The zero-order valence-electron chi connectivity index (χ0n) is 8.47. The van der Waals surface area contributed by atoms with E-state index < -0.39 is 0 Å². The monoisotopic (exact) mass is 219 g/mol. The van der Waals surface area contributed by atoms with Gasteiger partial charge in [0.2, 0.25) is 5.95 Å². The van der Waals surface area contributed by atoms with Crippen LogP contribution in [-0.2, 0) is 11.8 Å². The minimum Gasteiger partial charge on any atom is -0.332 e. The molecule has 0 bridgehead atoms. The number of aldehydes is 1. The quantitative estimate of drug-likeness (QED) is 0.550. The zero-order chi connectivity index (χ0) is 11.5. The summed E-state index contributed by atoms with van der Waals surface area (Å²) < 4.78 is 1.64. The molecular weight excluding hydrogens is 210 g/mol. The number of hydrogen-bond acceptors (Lipinski definition) is 5. The average molecular weight is 219 g/mol. The summed E-state index contributed by atoms with van der Waals surface area (Å²) in [6, 6.07) is 0. The lowest BCUT2D eigenvalue weighted by Gasteiger charge is -1.99. The molecule has 0 radical (unpaired) electrons. The molecule has 0 aliphatic carbocycles. The van der Waals surface area contributed by atoms with E-state index >= 15 is 0 Å². The van der Waals surface area contributed by atoms with Crippen LogP contribution in [0.25, 0.3) is 11.2 Å². The predicted molar refractivity (Wildman–Crippen MR) is 58.0 cm³/mol. The van der Waals surface area contributed by atoms with Crippen LogP contribution in [0.2, 0.25) is 0 Å². The molecule has 0 fully saturated rings. The molecule has 0 spiro atoms. The summed E-state index contributed by atoms with van der Waals surface area (Å²) in [6.45, 7) is 0. The van der Waals surface area contributed by atoms with Crippen molar-refractivity contribution in [3.05, 3.63) is 29.0 Å². The largest absolute Gasteiger partial charge is 0.332 e. The molecule has 2 aromatic heterocycles. The van der Waals surface area contributed by atoms with Crippen LogP contribution in [-0.4, -0.2) is 25.8 Å². The summed E-state index contributed by atoms with van der Waals surface area (Å²) in [5.74, 6) is 0.263. The third-order valence-corrected chi connectivity index (χ3v) is 1.97. The molecular formula is C9H9N5O2. The van der Waals surface area contributed by atoms with Gasteiger partial charge in [-0.2, -0.15) is 4.98 Å². The second-order valence-electron chi connectivity index (χ2n) is 3.08. The van der Waals surface area contributed by atoms with Gasteiger partial charge in [0.15, 0.2) is 11.2 Å². The van der Waals surface area contributed by atoms with Gasteiger partial charge in [-0.3, -0.25) is 14.6 Å². The topological polar surface area (TPSA) is 92.7 Å². The fourth-order valence-electron chi connectivity index (χ4n) is 1.25. The molecule has 0 aliphatic rings. The van der Waals surface area contributed by atoms with Crippen LogP contribution in [0.4, 0.5) is 5.95 Å². The molecule has 0 unspecified atom stereocenters. The van der Waals surface area contributed by atoms with E-state index in [1.165, 1.54) is 18.6 Å². The normalized spacial score (nSPS) is 11.1. The van der Waals surface area contributed by atoms with Crippen molar-refractivity contribution >= 4 is 23.4 Å². The Bertz CT molecular complexity index is 610. The molecule has 0 saturated carbocycles. The van der Waals surface area contributed by atoms with Gasteiger partial charge in [0.05, 0.1) is 6.33 Å². The Morgan fingerprint density at radius 2 is 2.38 bits per heavy atom. The van der Waals surface area contributed by atoms with E-state index in [1.54, 1.807) is 11.6 Å². The summed E-state index contributed by atoms with van der Waals surface area (Å²) in [5.41, 5.74) is 0.436. The number of aromatic amines is 1. The summed E-state index contributed by atoms with van der Waals surface area (Å²) in [5, 5.41) is 2.68. The van der Waals surface area contributed by atoms with E-state index in [-0.39, 0.29) is 17.0 Å². The fraction of sp³-hybridized carbons (Fsp3) is 0.111. The minimum atomic E-state index is -0.326. The van der Waals surface area contributed by atoms with Gasteiger partial charge in [-0.1, -0.05) is 0 Å². The smallest absolute Gasteiger partial charge is 0.280 e. The van der Waals surface area contributed by atoms with Crippen LogP contribution < -0.4 is 10.9 Å². The Morgan fingerprint density at radius 3 is 3.12 bits per heavy atom. The first kappa shape index (κ1) is 10.1. The predicted octanol–water partition coefficient (Wildman–Crippen LogP) is -0.219. The van der Waals surface area contributed by atoms with Crippen molar-refractivity contribution in [3.63, 3.8) is 0 Å². The van der Waals surface area contributed by atoms with E-state index in [0.29, 0.717) is 11.9 Å². The number of allylic oxidation sites excluding steroid dienone is 1. The van der Waals surface area contributed by atoms with Crippen molar-refractivity contribution in [2.24, 2.45) is 7.05 Å². The maximum absolute atomic E-state index is 11.5. The van der Waals surface area contributed by atoms with Crippen molar-refractivity contribution in [2.45, 2.75) is 0 Å². The molecule has 2 heterocycles. The van der Waals surface area contributed by atoms with Gasteiger partial charge in [0, 0.05) is 13.2 Å². The van der Waals surface area contributed by atoms with E-state index in [2.05, 4.69) is 20.3 Å². The standard InChI is InChI=1S/C9H9N5O2/c1-14-5-11-6-7(14)12-9(13-8(6)16)10-3-2-4-15/h2-5H,1H3,(H2,10,12,13,16)/b3-2+. The number of fused-ring (bicyclic) bond motifs is 1. The number of H-pyrrole nitrogens is 1. The van der Waals surface area contributed by atoms with E-state index in [9.17, 15) is 9.59 Å². The lowest BCUT2D eigenvalue weighted by atomic mass is 10.5. The van der Waals surface area contributed by atoms with Gasteiger partial charge >= 0.3 is 0 Å². The van der Waals surface area contributed by atoms with Crippen LogP contribution in [0, 0.1) is 0 Å². The number of nitrogens with one attached hydrogen (secondary N) is 2. The number of imidazole rings is 1. The maximum atomic E-state index is 11.5. The van der Waals surface area contributed by atoms with Crippen molar-refractivity contribution in [2.75, 3.05) is 5.32 Å². The van der Waals surface area contributed by atoms with Crippen molar-refractivity contribution in [1.29, 1.82) is 0 Å². The van der Waals surface area contributed by atoms with Crippen LogP contribution in [0.1, 0.15) is 0 Å². The molecule has 7 heteroatoms. The van der Waals surface area contributed by atoms with Crippen molar-refractivity contribution in [1.82, 2.24) is 19.5 Å². The van der Waals surface area contributed by atoms with Crippen molar-refractivity contribution < 1.29 is 4.79 Å². The second kappa shape index (κ2) is 3.97. The van der Waals surface area contributed by atoms with E-state index in [1.807, 2.05) is 0 Å². The lowest BCUT2D eigenvalue weighted by Crippen LogP contribution is -2.11. The second-order valence-corrected chi connectivity index (χ2v) is 3.08. The highest BCUT2D eigenvalue weighted by Crippen LogP contribution is 2.05. The number of anilines is 1. The lowest BCUT2D eigenvalue weighted by molar-refractivity contribution is -0.104. The molecule has 0 atom stereocenters. The molecule has 2 N–H and O–H groups in total. The van der Waals surface area contributed by atoms with Gasteiger partial charge in [0.25, 0.3) is 5.56 Å². The molecule has 2 rings (SSSR count). The number of carbonyl (C=O) groups is 1. The van der Waals surface area contributed by atoms with Gasteiger partial charge in [0.1, 0.15) is 6.29 Å². The highest BCUT2D eigenvalue weighted by atomic mass is 16.1. The van der Waals surface area contributed by atoms with Crippen LogP contribution in [0.3, 0.4) is 0 Å². The molecule has 0 aromatic carbocycles. The Hall–Kier alpha value is -2.44. The van der Waals surface area contributed by atoms with Gasteiger partial charge < -0.3 is 9.88 Å². The first-order chi connectivity index (χ1) is 7.72. The molecule has 16 heavy (non-hydrogen) atoms. The summed E-state index contributed by atoms with van der Waals surface area (Å²) >= 11 is 0. The number of aromatic nitrogens is 4. The highest BCUT2D eigenvalue weighted by Gasteiger charge is 2.06. The zero-order valence-corrected chi connectivity index (χ0v) is 8.47. The first-order valence-corrected chi connectivity index (χ1v) is 4.50. The third-order valence-electron chi connectivity index (χ3n) is 1.97. The Labute approximate surface area is 89.8 Å². The van der Waals surface area contributed by atoms with Crippen LogP contribution >= 0.6 is 0 Å². The van der Waals surface area contributed by atoms with Crippen LogP contribution in [0.5, 0.6) is 0 Å². The molecule has 2 aromatic rings. The molecule has 0 saturated heterocycles. The molecule has 0 amide bonds. The number of rotatable bonds is 3. The maximum Gasteiger partial charge on any atom is 0.280 e. The summed E-state index contributed by atoms with van der Waals surface area (Å²) in [6.07, 6.45) is 4.77. The summed E-state index contributed by atoms with van der Waals surface area (Å²) in [4.78, 5) is 32.1. The van der Waals surface area contributed by atoms with Crippen molar-refractivity contribution in [3.8, 4) is 0 Å². The highest BCUT2D eigenvalue weighted by molar-refractivity contribution is 5.71. The van der Waals surface area contributed by atoms with E-state index in [0.717, 1.165) is 0 Å². The van der Waals surface area contributed by atoms with Gasteiger partial charge in [-0.25, -0.2) is 4.98 Å². The molecule has 82 valence electrons. The Balaban J connectivity index is 2.48. The number of carbonyl (C=O) groups excluding carboxylic acids is 1. The number of hydrogen-bond donors (Lipinski definition) is 2. The third kappa shape index (κ3) is 1.70. The average Bonchev–Trinajstić information content (AvgIpc) is 2.62. The van der Waals surface area contributed by atoms with Gasteiger partial charge in [-0.15, -0.1) is 0 Å². The first-order valence-electron chi connectivity index (χ1n) is 4.50. The number of nitrogens with zero attached hydrogens (tertiary/aromatic N) is 3. The van der Waals surface area contributed by atoms with E-state index in [4.69, 9.17) is 0 Å². The van der Waals surface area contributed by atoms with Gasteiger partial charge in [-0.05, 0) is 6.08 Å². The summed E-state index contributed by atoms with van der Waals surface area (Å²) in [7, 11) is 1.74. The van der Waals surface area contributed by atoms with Crippen LogP contribution in [0.15, 0.2) is 23.4 Å². The Kier molecular flexibility index (Phi) is 2.50.